The summed E-state index contributed by atoms with van der Waals surface area (Å²) >= 11 is 6.15. The lowest BCUT2D eigenvalue weighted by Gasteiger charge is -2.33. The van der Waals surface area contributed by atoms with Crippen LogP contribution in [0.25, 0.3) is 0 Å². The van der Waals surface area contributed by atoms with E-state index in [1.807, 2.05) is 19.1 Å². The molecule has 2 N–H and O–H groups in total. The summed E-state index contributed by atoms with van der Waals surface area (Å²) in [6.07, 6.45) is 2.27. The minimum atomic E-state index is -0.581. The molecule has 0 aromatic heterocycles. The Morgan fingerprint density at radius 2 is 2.06 bits per heavy atom. The van der Waals surface area contributed by atoms with Crippen molar-refractivity contribution in [3.05, 3.63) is 34.3 Å². The van der Waals surface area contributed by atoms with Crippen LogP contribution in [0.5, 0.6) is 0 Å². The van der Waals surface area contributed by atoms with Crippen molar-refractivity contribution in [1.82, 2.24) is 5.32 Å². The fraction of sp³-hybridized carbons (Fsp3) is 0.538. The standard InChI is InChI=1S/C13H18ClNO/c1-10-2-3-12(14)11(8-10)9-13(16)4-6-15-7-5-13/h2-3,8,15-16H,4-7,9H2,1H3. The van der Waals surface area contributed by atoms with E-state index in [0.29, 0.717) is 6.42 Å². The average molecular weight is 240 g/mol. The van der Waals surface area contributed by atoms with Gasteiger partial charge >= 0.3 is 0 Å². The van der Waals surface area contributed by atoms with Crippen molar-refractivity contribution in [3.8, 4) is 0 Å². The van der Waals surface area contributed by atoms with E-state index in [0.717, 1.165) is 36.5 Å². The van der Waals surface area contributed by atoms with Crippen molar-refractivity contribution in [2.24, 2.45) is 0 Å². The molecule has 2 nitrogen and oxygen atoms in total. The molecular weight excluding hydrogens is 222 g/mol. The molecule has 1 heterocycles. The van der Waals surface area contributed by atoms with Gasteiger partial charge in [-0.3, -0.25) is 0 Å². The highest BCUT2D eigenvalue weighted by Crippen LogP contribution is 2.27. The Balaban J connectivity index is 2.15. The van der Waals surface area contributed by atoms with Crippen molar-refractivity contribution in [2.75, 3.05) is 13.1 Å². The van der Waals surface area contributed by atoms with Crippen LogP contribution in [0.15, 0.2) is 18.2 Å². The highest BCUT2D eigenvalue weighted by Gasteiger charge is 2.29. The third-order valence-corrected chi connectivity index (χ3v) is 3.62. The summed E-state index contributed by atoms with van der Waals surface area (Å²) in [4.78, 5) is 0. The molecule has 0 bridgehead atoms. The summed E-state index contributed by atoms with van der Waals surface area (Å²) in [6.45, 7) is 3.83. The molecule has 1 aliphatic rings. The second kappa shape index (κ2) is 4.74. The first-order valence-corrected chi connectivity index (χ1v) is 6.15. The van der Waals surface area contributed by atoms with E-state index in [1.54, 1.807) is 0 Å². The molecule has 0 radical (unpaired) electrons. The lowest BCUT2D eigenvalue weighted by atomic mass is 9.86. The van der Waals surface area contributed by atoms with E-state index in [1.165, 1.54) is 5.56 Å². The third-order valence-electron chi connectivity index (χ3n) is 3.25. The van der Waals surface area contributed by atoms with Gasteiger partial charge in [0.15, 0.2) is 0 Å². The maximum absolute atomic E-state index is 10.4. The van der Waals surface area contributed by atoms with Crippen molar-refractivity contribution >= 4 is 11.6 Å². The predicted molar refractivity (Wildman–Crippen MR) is 66.9 cm³/mol. The zero-order valence-corrected chi connectivity index (χ0v) is 10.3. The second-order valence-corrected chi connectivity index (χ2v) is 5.15. The molecule has 16 heavy (non-hydrogen) atoms. The Labute approximate surface area is 102 Å². The molecule has 3 heteroatoms. The molecule has 0 unspecified atom stereocenters. The van der Waals surface area contributed by atoms with Crippen molar-refractivity contribution in [3.63, 3.8) is 0 Å². The molecule has 1 aromatic carbocycles. The quantitative estimate of drug-likeness (QED) is 0.830. The molecular formula is C13H18ClNO. The van der Waals surface area contributed by atoms with Crippen LogP contribution in [-0.4, -0.2) is 23.8 Å². The maximum Gasteiger partial charge on any atom is 0.0712 e. The van der Waals surface area contributed by atoms with Gasteiger partial charge in [-0.15, -0.1) is 0 Å². The molecule has 2 rings (SSSR count). The highest BCUT2D eigenvalue weighted by atomic mass is 35.5. The van der Waals surface area contributed by atoms with Gasteiger partial charge in [-0.05, 0) is 44.5 Å². The molecule has 88 valence electrons. The summed E-state index contributed by atoms with van der Waals surface area (Å²) in [7, 11) is 0. The fourth-order valence-electron chi connectivity index (χ4n) is 2.26. The molecule has 0 atom stereocenters. The van der Waals surface area contributed by atoms with Gasteiger partial charge < -0.3 is 10.4 Å². The molecule has 0 spiro atoms. The smallest absolute Gasteiger partial charge is 0.0712 e. The van der Waals surface area contributed by atoms with Crippen LogP contribution >= 0.6 is 11.6 Å². The van der Waals surface area contributed by atoms with E-state index in [9.17, 15) is 5.11 Å². The van der Waals surface area contributed by atoms with Crippen LogP contribution in [0, 0.1) is 6.92 Å². The van der Waals surface area contributed by atoms with Gasteiger partial charge in [-0.25, -0.2) is 0 Å². The van der Waals surface area contributed by atoms with Crippen LogP contribution in [0.2, 0.25) is 5.02 Å². The maximum atomic E-state index is 10.4. The summed E-state index contributed by atoms with van der Waals surface area (Å²) < 4.78 is 0. The number of piperidine rings is 1. The van der Waals surface area contributed by atoms with Gasteiger partial charge in [-0.1, -0.05) is 29.3 Å². The van der Waals surface area contributed by atoms with Crippen LogP contribution < -0.4 is 5.32 Å². The van der Waals surface area contributed by atoms with E-state index >= 15 is 0 Å². The minimum absolute atomic E-state index is 0.581. The van der Waals surface area contributed by atoms with Crippen molar-refractivity contribution in [1.29, 1.82) is 0 Å². The zero-order chi connectivity index (χ0) is 11.6. The van der Waals surface area contributed by atoms with Gasteiger partial charge in [0.25, 0.3) is 0 Å². The van der Waals surface area contributed by atoms with Gasteiger partial charge in [0.1, 0.15) is 0 Å². The first kappa shape index (κ1) is 11.9. The SMILES string of the molecule is Cc1ccc(Cl)c(CC2(O)CCNCC2)c1. The number of rotatable bonds is 2. The van der Waals surface area contributed by atoms with Crippen molar-refractivity contribution in [2.45, 2.75) is 31.8 Å². The largest absolute Gasteiger partial charge is 0.389 e. The van der Waals surface area contributed by atoms with E-state index in [2.05, 4.69) is 11.4 Å². The van der Waals surface area contributed by atoms with Gasteiger partial charge in [0.2, 0.25) is 0 Å². The van der Waals surface area contributed by atoms with Gasteiger partial charge in [-0.2, -0.15) is 0 Å². The Morgan fingerprint density at radius 3 is 2.75 bits per heavy atom. The summed E-state index contributed by atoms with van der Waals surface area (Å²) in [5.41, 5.74) is 1.67. The van der Waals surface area contributed by atoms with Gasteiger partial charge in [0.05, 0.1) is 5.60 Å². The molecule has 1 saturated heterocycles. The molecule has 0 aliphatic carbocycles. The van der Waals surface area contributed by atoms with Crippen LogP contribution in [-0.2, 0) is 6.42 Å². The highest BCUT2D eigenvalue weighted by molar-refractivity contribution is 6.31. The summed E-state index contributed by atoms with van der Waals surface area (Å²) in [5, 5.41) is 14.5. The molecule has 0 saturated carbocycles. The van der Waals surface area contributed by atoms with Crippen LogP contribution in [0.3, 0.4) is 0 Å². The van der Waals surface area contributed by atoms with E-state index in [4.69, 9.17) is 11.6 Å². The van der Waals surface area contributed by atoms with Crippen LogP contribution in [0.1, 0.15) is 24.0 Å². The fourth-order valence-corrected chi connectivity index (χ4v) is 2.45. The second-order valence-electron chi connectivity index (χ2n) is 4.75. The van der Waals surface area contributed by atoms with Gasteiger partial charge in [0, 0.05) is 11.4 Å². The predicted octanol–water partition coefficient (Wildman–Crippen LogP) is 2.31. The van der Waals surface area contributed by atoms with E-state index in [-0.39, 0.29) is 0 Å². The molecule has 1 aromatic rings. The Kier molecular flexibility index (Phi) is 3.53. The number of aliphatic hydroxyl groups is 1. The normalized spacial score (nSPS) is 19.7. The molecule has 1 aliphatic heterocycles. The monoisotopic (exact) mass is 239 g/mol. The first-order chi connectivity index (χ1) is 7.59. The average Bonchev–Trinajstić information content (AvgIpc) is 2.24. The lowest BCUT2D eigenvalue weighted by molar-refractivity contribution is 0.0109. The number of hydrogen-bond donors (Lipinski definition) is 2. The lowest BCUT2D eigenvalue weighted by Crippen LogP contribution is -2.43. The Morgan fingerprint density at radius 1 is 1.38 bits per heavy atom. The van der Waals surface area contributed by atoms with E-state index < -0.39 is 5.60 Å². The summed E-state index contributed by atoms with van der Waals surface area (Å²) in [5.74, 6) is 0. The minimum Gasteiger partial charge on any atom is -0.389 e. The number of hydrogen-bond acceptors (Lipinski definition) is 2. The topological polar surface area (TPSA) is 32.3 Å². The Hall–Kier alpha value is -0.570. The summed E-state index contributed by atoms with van der Waals surface area (Å²) in [6, 6.07) is 5.98. The Bertz CT molecular complexity index is 372. The number of aryl methyl sites for hydroxylation is 1. The first-order valence-electron chi connectivity index (χ1n) is 5.77. The van der Waals surface area contributed by atoms with Crippen LogP contribution in [0.4, 0.5) is 0 Å². The zero-order valence-electron chi connectivity index (χ0n) is 9.59. The molecule has 0 amide bonds. The van der Waals surface area contributed by atoms with Crippen molar-refractivity contribution < 1.29 is 5.11 Å². The third kappa shape index (κ3) is 2.76. The number of halogens is 1. The number of nitrogens with one attached hydrogen (secondary N) is 1. The molecule has 1 fully saturated rings. The number of benzene rings is 1.